The van der Waals surface area contributed by atoms with E-state index < -0.39 is 0 Å². The fourth-order valence-electron chi connectivity index (χ4n) is 1.63. The van der Waals surface area contributed by atoms with Crippen LogP contribution in [0.2, 0.25) is 0 Å². The quantitative estimate of drug-likeness (QED) is 0.709. The number of anilines is 1. The van der Waals surface area contributed by atoms with Gasteiger partial charge in [-0.3, -0.25) is 4.79 Å². The molecule has 0 fully saturated rings. The Morgan fingerprint density at radius 1 is 1.44 bits per heavy atom. The van der Waals surface area contributed by atoms with Crippen LogP contribution in [-0.4, -0.2) is 31.4 Å². The summed E-state index contributed by atoms with van der Waals surface area (Å²) >= 11 is 1.86. The zero-order chi connectivity index (χ0) is 12.0. The number of hydrogen-bond acceptors (Lipinski definition) is 3. The molecule has 0 aliphatic rings. The van der Waals surface area contributed by atoms with Gasteiger partial charge in [0.15, 0.2) is 6.29 Å². The zero-order valence-corrected chi connectivity index (χ0v) is 11.0. The highest BCUT2D eigenvalue weighted by Gasteiger charge is 2.12. The molecule has 1 atom stereocenters. The maximum atomic E-state index is 10.9. The minimum absolute atomic E-state index is 0.452. The lowest BCUT2D eigenvalue weighted by molar-refractivity contribution is 0.112. The van der Waals surface area contributed by atoms with Crippen LogP contribution in [0.1, 0.15) is 23.7 Å². The van der Waals surface area contributed by atoms with E-state index in [1.807, 2.05) is 43.1 Å². The van der Waals surface area contributed by atoms with Gasteiger partial charge in [-0.2, -0.15) is 11.8 Å². The van der Waals surface area contributed by atoms with Crippen LogP contribution in [0, 0.1) is 0 Å². The molecule has 0 saturated carbocycles. The summed E-state index contributed by atoms with van der Waals surface area (Å²) in [6, 6.07) is 8.18. The molecule has 88 valence electrons. The molecule has 1 aromatic rings. The van der Waals surface area contributed by atoms with Gasteiger partial charge < -0.3 is 4.90 Å². The SMILES string of the molecule is CSCCC(C)N(C)c1ccccc1C=O. The molecule has 0 amide bonds. The van der Waals surface area contributed by atoms with Gasteiger partial charge in [-0.1, -0.05) is 12.1 Å². The van der Waals surface area contributed by atoms with E-state index in [0.717, 1.165) is 29.7 Å². The van der Waals surface area contributed by atoms with Gasteiger partial charge in [-0.25, -0.2) is 0 Å². The Balaban J connectivity index is 2.78. The minimum atomic E-state index is 0.452. The summed E-state index contributed by atoms with van der Waals surface area (Å²) in [5.74, 6) is 1.15. The largest absolute Gasteiger partial charge is 0.371 e. The van der Waals surface area contributed by atoms with Crippen LogP contribution in [0.4, 0.5) is 5.69 Å². The van der Waals surface area contributed by atoms with E-state index in [-0.39, 0.29) is 0 Å². The van der Waals surface area contributed by atoms with Gasteiger partial charge in [0.1, 0.15) is 0 Å². The summed E-state index contributed by atoms with van der Waals surface area (Å²) in [4.78, 5) is 13.1. The lowest BCUT2D eigenvalue weighted by Gasteiger charge is -2.28. The van der Waals surface area contributed by atoms with Crippen LogP contribution in [-0.2, 0) is 0 Å². The molecule has 0 aliphatic carbocycles. The molecule has 16 heavy (non-hydrogen) atoms. The van der Waals surface area contributed by atoms with Crippen molar-refractivity contribution in [3.8, 4) is 0 Å². The van der Waals surface area contributed by atoms with Crippen LogP contribution in [0.15, 0.2) is 24.3 Å². The van der Waals surface area contributed by atoms with Crippen LogP contribution >= 0.6 is 11.8 Å². The molecule has 0 saturated heterocycles. The van der Waals surface area contributed by atoms with Gasteiger partial charge in [0.2, 0.25) is 0 Å². The third kappa shape index (κ3) is 3.27. The van der Waals surface area contributed by atoms with Gasteiger partial charge >= 0.3 is 0 Å². The lowest BCUT2D eigenvalue weighted by atomic mass is 10.1. The molecule has 1 unspecified atom stereocenters. The predicted octanol–water partition coefficient (Wildman–Crippen LogP) is 3.08. The second kappa shape index (κ2) is 6.59. The molecule has 0 radical (unpaired) electrons. The molecule has 0 spiro atoms. The standard InChI is InChI=1S/C13H19NOS/c1-11(8-9-16-3)14(2)13-7-5-4-6-12(13)10-15/h4-7,10-11H,8-9H2,1-3H3. The normalized spacial score (nSPS) is 12.2. The summed E-state index contributed by atoms with van der Waals surface area (Å²) in [7, 11) is 2.05. The molecule has 2 nitrogen and oxygen atoms in total. The Hall–Kier alpha value is -0.960. The number of thioether (sulfide) groups is 1. The molecule has 1 rings (SSSR count). The van der Waals surface area contributed by atoms with Crippen LogP contribution in [0.25, 0.3) is 0 Å². The van der Waals surface area contributed by atoms with E-state index in [0.29, 0.717) is 6.04 Å². The van der Waals surface area contributed by atoms with Crippen molar-refractivity contribution < 1.29 is 4.79 Å². The Bertz CT molecular complexity index is 340. The number of rotatable bonds is 6. The van der Waals surface area contributed by atoms with Crippen LogP contribution in [0.5, 0.6) is 0 Å². The highest BCUT2D eigenvalue weighted by atomic mass is 32.2. The minimum Gasteiger partial charge on any atom is -0.371 e. The number of carbonyl (C=O) groups excluding carboxylic acids is 1. The molecule has 0 aromatic heterocycles. The van der Waals surface area contributed by atoms with Crippen LogP contribution in [0.3, 0.4) is 0 Å². The first-order chi connectivity index (χ1) is 7.70. The molecule has 0 heterocycles. The monoisotopic (exact) mass is 237 g/mol. The molecule has 0 N–H and O–H groups in total. The Morgan fingerprint density at radius 3 is 2.75 bits per heavy atom. The van der Waals surface area contributed by atoms with Crippen molar-refractivity contribution in [1.29, 1.82) is 0 Å². The molecular formula is C13H19NOS. The molecule has 0 bridgehead atoms. The Morgan fingerprint density at radius 2 is 2.12 bits per heavy atom. The Labute approximate surface area is 102 Å². The zero-order valence-electron chi connectivity index (χ0n) is 10.1. The topological polar surface area (TPSA) is 20.3 Å². The average Bonchev–Trinajstić information content (AvgIpc) is 2.34. The van der Waals surface area contributed by atoms with Crippen molar-refractivity contribution >= 4 is 23.7 Å². The van der Waals surface area contributed by atoms with E-state index in [2.05, 4.69) is 18.1 Å². The van der Waals surface area contributed by atoms with E-state index in [4.69, 9.17) is 0 Å². The summed E-state index contributed by atoms with van der Waals surface area (Å²) in [5.41, 5.74) is 1.78. The molecule has 0 aliphatic heterocycles. The fourth-order valence-corrected chi connectivity index (χ4v) is 2.20. The highest BCUT2D eigenvalue weighted by Crippen LogP contribution is 2.21. The smallest absolute Gasteiger partial charge is 0.152 e. The number of aldehydes is 1. The first kappa shape index (κ1) is 13.1. The van der Waals surface area contributed by atoms with Gasteiger partial charge in [-0.15, -0.1) is 0 Å². The van der Waals surface area contributed by atoms with Gasteiger partial charge in [0.05, 0.1) is 0 Å². The van der Waals surface area contributed by atoms with Crippen molar-refractivity contribution in [1.82, 2.24) is 0 Å². The average molecular weight is 237 g/mol. The Kier molecular flexibility index (Phi) is 5.39. The van der Waals surface area contributed by atoms with E-state index in [1.165, 1.54) is 0 Å². The number of hydrogen-bond donors (Lipinski definition) is 0. The van der Waals surface area contributed by atoms with Crippen molar-refractivity contribution in [2.75, 3.05) is 24.0 Å². The maximum Gasteiger partial charge on any atom is 0.152 e. The second-order valence-corrected chi connectivity index (χ2v) is 4.90. The molecule has 1 aromatic carbocycles. The third-order valence-corrected chi connectivity index (χ3v) is 3.49. The number of nitrogens with zero attached hydrogens (tertiary/aromatic N) is 1. The van der Waals surface area contributed by atoms with Gasteiger partial charge in [-0.05, 0) is 37.5 Å². The summed E-state index contributed by atoms with van der Waals surface area (Å²) in [6.45, 7) is 2.19. The van der Waals surface area contributed by atoms with Crippen LogP contribution < -0.4 is 4.90 Å². The molecular weight excluding hydrogens is 218 g/mol. The number of para-hydroxylation sites is 1. The summed E-state index contributed by atoms with van der Waals surface area (Å²) < 4.78 is 0. The number of benzene rings is 1. The van der Waals surface area contributed by atoms with E-state index in [1.54, 1.807) is 0 Å². The molecule has 3 heteroatoms. The van der Waals surface area contributed by atoms with E-state index in [9.17, 15) is 4.79 Å². The van der Waals surface area contributed by atoms with Crippen molar-refractivity contribution in [2.45, 2.75) is 19.4 Å². The highest BCUT2D eigenvalue weighted by molar-refractivity contribution is 7.98. The lowest BCUT2D eigenvalue weighted by Crippen LogP contribution is -2.30. The maximum absolute atomic E-state index is 10.9. The number of carbonyl (C=O) groups is 1. The van der Waals surface area contributed by atoms with Crippen molar-refractivity contribution in [2.24, 2.45) is 0 Å². The summed E-state index contributed by atoms with van der Waals surface area (Å²) in [6.07, 6.45) is 4.17. The second-order valence-electron chi connectivity index (χ2n) is 3.92. The van der Waals surface area contributed by atoms with Crippen molar-refractivity contribution in [3.63, 3.8) is 0 Å². The van der Waals surface area contributed by atoms with Crippen molar-refractivity contribution in [3.05, 3.63) is 29.8 Å². The van der Waals surface area contributed by atoms with Gasteiger partial charge in [0, 0.05) is 24.3 Å². The first-order valence-corrected chi connectivity index (χ1v) is 6.86. The predicted molar refractivity (Wildman–Crippen MR) is 72.7 cm³/mol. The third-order valence-electron chi connectivity index (χ3n) is 2.84. The van der Waals surface area contributed by atoms with Gasteiger partial charge in [0.25, 0.3) is 0 Å². The summed E-state index contributed by atoms with van der Waals surface area (Å²) in [5, 5.41) is 0. The fraction of sp³-hybridized carbons (Fsp3) is 0.462. The van der Waals surface area contributed by atoms with E-state index >= 15 is 0 Å². The first-order valence-electron chi connectivity index (χ1n) is 5.46.